The number of benzene rings is 1. The summed E-state index contributed by atoms with van der Waals surface area (Å²) >= 11 is 3.17. The number of nitrogens with two attached hydrogens (primary N) is 1. The van der Waals surface area contributed by atoms with Crippen LogP contribution in [0.1, 0.15) is 15.7 Å². The minimum Gasteiger partial charge on any atom is -0.493 e. The Morgan fingerprint density at radius 2 is 2.21 bits per heavy atom. The maximum absolute atomic E-state index is 11.8. The third-order valence-corrected chi connectivity index (χ3v) is 5.85. The van der Waals surface area contributed by atoms with Gasteiger partial charge in [-0.3, -0.25) is 9.59 Å². The van der Waals surface area contributed by atoms with Crippen LogP contribution in [0.5, 0.6) is 11.5 Å². The average molecular weight is 364 g/mol. The zero-order valence-electron chi connectivity index (χ0n) is 12.9. The number of amides is 2. The van der Waals surface area contributed by atoms with Gasteiger partial charge in [0.25, 0.3) is 5.91 Å². The molecule has 1 aliphatic heterocycles. The molecule has 2 amide bonds. The number of primary amides is 1. The molecular weight excluding hydrogens is 348 g/mol. The molecule has 0 saturated heterocycles. The summed E-state index contributed by atoms with van der Waals surface area (Å²) in [6, 6.07) is 7.45. The van der Waals surface area contributed by atoms with Gasteiger partial charge in [0.2, 0.25) is 5.91 Å². The van der Waals surface area contributed by atoms with Gasteiger partial charge in [-0.05, 0) is 29.1 Å². The Kier molecular flexibility index (Phi) is 4.96. The van der Waals surface area contributed by atoms with Crippen LogP contribution in [0.15, 0.2) is 29.6 Å². The molecule has 24 heavy (non-hydrogen) atoms. The normalized spacial score (nSPS) is 16.7. The van der Waals surface area contributed by atoms with Crippen LogP contribution >= 0.6 is 23.1 Å². The molecule has 3 N–H and O–H groups in total. The predicted molar refractivity (Wildman–Crippen MR) is 94.9 cm³/mol. The van der Waals surface area contributed by atoms with E-state index in [1.807, 2.05) is 23.6 Å². The molecule has 0 saturated carbocycles. The highest BCUT2D eigenvalue weighted by Gasteiger charge is 2.26. The molecule has 1 aromatic heterocycles. The third-order valence-electron chi connectivity index (χ3n) is 3.45. The van der Waals surface area contributed by atoms with E-state index in [0.717, 1.165) is 16.1 Å². The number of anilines is 1. The SMILES string of the molecule is COc1cc([C@H]2SCC(=O)Nc3ccsc32)ccc1OCC(N)=O. The summed E-state index contributed by atoms with van der Waals surface area (Å²) in [6.45, 7) is -0.207. The lowest BCUT2D eigenvalue weighted by Gasteiger charge is -2.17. The molecule has 0 radical (unpaired) electrons. The number of fused-ring (bicyclic) bond motifs is 1. The largest absolute Gasteiger partial charge is 0.493 e. The maximum Gasteiger partial charge on any atom is 0.255 e. The van der Waals surface area contributed by atoms with Crippen LogP contribution in [0.2, 0.25) is 0 Å². The number of rotatable bonds is 5. The fourth-order valence-corrected chi connectivity index (χ4v) is 4.65. The van der Waals surface area contributed by atoms with Gasteiger partial charge in [0, 0.05) is 4.88 Å². The minimum absolute atomic E-state index is 0.00414. The number of carbonyl (C=O) groups excluding carboxylic acids is 2. The van der Waals surface area contributed by atoms with E-state index in [9.17, 15) is 9.59 Å². The highest BCUT2D eigenvalue weighted by molar-refractivity contribution is 8.00. The summed E-state index contributed by atoms with van der Waals surface area (Å²) in [6.07, 6.45) is 0. The molecule has 0 fully saturated rings. The molecular formula is C16H16N2O4S2. The topological polar surface area (TPSA) is 90.7 Å². The first-order valence-electron chi connectivity index (χ1n) is 7.16. The van der Waals surface area contributed by atoms with E-state index < -0.39 is 5.91 Å². The molecule has 0 aliphatic carbocycles. The van der Waals surface area contributed by atoms with Gasteiger partial charge in [0.15, 0.2) is 18.1 Å². The lowest BCUT2D eigenvalue weighted by Crippen LogP contribution is -2.20. The Labute approximate surface area is 147 Å². The molecule has 2 heterocycles. The summed E-state index contributed by atoms with van der Waals surface area (Å²) in [7, 11) is 1.54. The third kappa shape index (κ3) is 3.49. The number of hydrogen-bond donors (Lipinski definition) is 2. The molecule has 0 bridgehead atoms. The van der Waals surface area contributed by atoms with Crippen molar-refractivity contribution in [1.29, 1.82) is 0 Å². The van der Waals surface area contributed by atoms with Crippen LogP contribution in [-0.4, -0.2) is 31.3 Å². The van der Waals surface area contributed by atoms with Crippen molar-refractivity contribution in [3.63, 3.8) is 0 Å². The van der Waals surface area contributed by atoms with Gasteiger partial charge in [0.05, 0.1) is 23.8 Å². The fourth-order valence-electron chi connectivity index (χ4n) is 2.41. The van der Waals surface area contributed by atoms with E-state index in [1.54, 1.807) is 29.2 Å². The molecule has 1 aromatic carbocycles. The number of carbonyl (C=O) groups is 2. The van der Waals surface area contributed by atoms with Crippen molar-refractivity contribution in [2.45, 2.75) is 5.25 Å². The van der Waals surface area contributed by atoms with Gasteiger partial charge in [-0.1, -0.05) is 6.07 Å². The van der Waals surface area contributed by atoms with Crippen molar-refractivity contribution in [2.24, 2.45) is 5.73 Å². The number of methoxy groups -OCH3 is 1. The van der Waals surface area contributed by atoms with E-state index in [0.29, 0.717) is 17.3 Å². The van der Waals surface area contributed by atoms with E-state index in [4.69, 9.17) is 15.2 Å². The smallest absolute Gasteiger partial charge is 0.255 e. The lowest BCUT2D eigenvalue weighted by atomic mass is 10.1. The van der Waals surface area contributed by atoms with Crippen molar-refractivity contribution in [3.05, 3.63) is 40.1 Å². The molecule has 1 atom stereocenters. The Morgan fingerprint density at radius 3 is 2.96 bits per heavy atom. The predicted octanol–water partition coefficient (Wildman–Crippen LogP) is 2.40. The van der Waals surface area contributed by atoms with Gasteiger partial charge in [0.1, 0.15) is 0 Å². The highest BCUT2D eigenvalue weighted by Crippen LogP contribution is 2.45. The van der Waals surface area contributed by atoms with Crippen molar-refractivity contribution in [2.75, 3.05) is 24.8 Å². The molecule has 126 valence electrons. The fraction of sp³-hybridized carbons (Fsp3) is 0.250. The van der Waals surface area contributed by atoms with Crippen LogP contribution in [0, 0.1) is 0 Å². The minimum atomic E-state index is -0.548. The highest BCUT2D eigenvalue weighted by atomic mass is 32.2. The van der Waals surface area contributed by atoms with Crippen molar-refractivity contribution < 1.29 is 19.1 Å². The molecule has 0 unspecified atom stereocenters. The van der Waals surface area contributed by atoms with Gasteiger partial charge in [-0.25, -0.2) is 0 Å². The van der Waals surface area contributed by atoms with Gasteiger partial charge in [-0.2, -0.15) is 0 Å². The monoisotopic (exact) mass is 364 g/mol. The number of thioether (sulfide) groups is 1. The summed E-state index contributed by atoms with van der Waals surface area (Å²) < 4.78 is 10.7. The summed E-state index contributed by atoms with van der Waals surface area (Å²) in [5.41, 5.74) is 6.96. The van der Waals surface area contributed by atoms with Crippen LogP contribution in [0.3, 0.4) is 0 Å². The maximum atomic E-state index is 11.8. The Hall–Kier alpha value is -2.19. The van der Waals surface area contributed by atoms with Gasteiger partial charge in [-0.15, -0.1) is 23.1 Å². The quantitative estimate of drug-likeness (QED) is 0.850. The summed E-state index contributed by atoms with van der Waals surface area (Å²) in [5, 5.41) is 4.91. The first-order chi connectivity index (χ1) is 11.6. The lowest BCUT2D eigenvalue weighted by molar-refractivity contribution is -0.120. The summed E-state index contributed by atoms with van der Waals surface area (Å²) in [5.74, 6) is 0.813. The second-order valence-corrected chi connectivity index (χ2v) is 7.14. The zero-order chi connectivity index (χ0) is 17.1. The van der Waals surface area contributed by atoms with E-state index in [1.165, 1.54) is 7.11 Å². The first-order valence-corrected chi connectivity index (χ1v) is 9.09. The Bertz CT molecular complexity index is 775. The van der Waals surface area contributed by atoms with Crippen LogP contribution < -0.4 is 20.5 Å². The molecule has 1 aliphatic rings. The van der Waals surface area contributed by atoms with E-state index in [-0.39, 0.29) is 17.8 Å². The molecule has 6 nitrogen and oxygen atoms in total. The Morgan fingerprint density at radius 1 is 1.38 bits per heavy atom. The summed E-state index contributed by atoms with van der Waals surface area (Å²) in [4.78, 5) is 23.8. The molecule has 2 aromatic rings. The number of thiophene rings is 1. The standard InChI is InChI=1S/C16H16N2O4S2/c1-21-12-6-9(2-3-11(12)22-7-13(17)19)15-16-10(4-5-23-16)18-14(20)8-24-15/h2-6,15H,7-8H2,1H3,(H2,17,19)(H,18,20)/t15-/m1/s1. The van der Waals surface area contributed by atoms with Crippen LogP contribution in [-0.2, 0) is 9.59 Å². The van der Waals surface area contributed by atoms with Crippen LogP contribution in [0.25, 0.3) is 0 Å². The van der Waals surface area contributed by atoms with E-state index >= 15 is 0 Å². The number of ether oxygens (including phenoxy) is 2. The molecule has 3 rings (SSSR count). The second kappa shape index (κ2) is 7.14. The van der Waals surface area contributed by atoms with Crippen molar-refractivity contribution >= 4 is 40.6 Å². The molecule has 8 heteroatoms. The van der Waals surface area contributed by atoms with Crippen LogP contribution in [0.4, 0.5) is 5.69 Å². The number of nitrogens with one attached hydrogen (secondary N) is 1. The van der Waals surface area contributed by atoms with Crippen molar-refractivity contribution in [1.82, 2.24) is 0 Å². The second-order valence-electron chi connectivity index (χ2n) is 5.10. The Balaban J connectivity index is 1.92. The zero-order valence-corrected chi connectivity index (χ0v) is 14.5. The number of hydrogen-bond acceptors (Lipinski definition) is 6. The van der Waals surface area contributed by atoms with Gasteiger partial charge >= 0.3 is 0 Å². The molecule has 0 spiro atoms. The van der Waals surface area contributed by atoms with Gasteiger partial charge < -0.3 is 20.5 Å². The van der Waals surface area contributed by atoms with Crippen molar-refractivity contribution in [3.8, 4) is 11.5 Å². The average Bonchev–Trinajstić information content (AvgIpc) is 2.95. The first kappa shape index (κ1) is 16.7. The van der Waals surface area contributed by atoms with E-state index in [2.05, 4.69) is 5.32 Å².